The van der Waals surface area contributed by atoms with Crippen LogP contribution in [0.25, 0.3) is 11.2 Å². The van der Waals surface area contributed by atoms with E-state index in [4.69, 9.17) is 20.2 Å². The molecule has 8 nitrogen and oxygen atoms in total. The van der Waals surface area contributed by atoms with Crippen LogP contribution in [0.15, 0.2) is 52.8 Å². The SMILES string of the molecule is Nc1ncnc2c1nc(Sc1cc3c(cc1I)OCO3)n2CCCCCCN1Cc2ccccc2C1. The Labute approximate surface area is 227 Å². The van der Waals surface area contributed by atoms with Crippen LogP contribution in [0.2, 0.25) is 0 Å². The zero-order valence-electron chi connectivity index (χ0n) is 19.8. The molecule has 0 fully saturated rings. The molecule has 4 aromatic rings. The van der Waals surface area contributed by atoms with E-state index in [1.807, 2.05) is 12.1 Å². The van der Waals surface area contributed by atoms with Crippen LogP contribution in [0.1, 0.15) is 36.8 Å². The minimum Gasteiger partial charge on any atom is -0.454 e. The normalized spacial score (nSPS) is 14.6. The zero-order valence-corrected chi connectivity index (χ0v) is 22.8. The van der Waals surface area contributed by atoms with Gasteiger partial charge in [-0.2, -0.15) is 0 Å². The van der Waals surface area contributed by atoms with Crippen molar-refractivity contribution in [3.63, 3.8) is 0 Å². The molecule has 2 N–H and O–H groups in total. The molecule has 2 aliphatic heterocycles. The number of aryl methyl sites for hydroxylation is 1. The van der Waals surface area contributed by atoms with Gasteiger partial charge in [-0.3, -0.25) is 4.90 Å². The Kier molecular flexibility index (Phi) is 6.89. The Balaban J connectivity index is 1.09. The van der Waals surface area contributed by atoms with Gasteiger partial charge in [0.05, 0.1) is 0 Å². The fourth-order valence-electron chi connectivity index (χ4n) is 4.81. The monoisotopic (exact) mass is 614 g/mol. The molecule has 0 radical (unpaired) electrons. The number of nitrogen functional groups attached to an aromatic ring is 1. The maximum Gasteiger partial charge on any atom is 0.231 e. The number of unbranched alkanes of at least 4 members (excludes halogenated alkanes) is 3. The van der Waals surface area contributed by atoms with Gasteiger partial charge in [0.15, 0.2) is 33.6 Å². The number of hydrogen-bond donors (Lipinski definition) is 1. The van der Waals surface area contributed by atoms with Gasteiger partial charge in [-0.05, 0) is 65.2 Å². The number of nitrogens with two attached hydrogens (primary N) is 1. The van der Waals surface area contributed by atoms with Gasteiger partial charge in [0.25, 0.3) is 0 Å². The average molecular weight is 615 g/mol. The maximum atomic E-state index is 6.14. The van der Waals surface area contributed by atoms with Crippen molar-refractivity contribution < 1.29 is 9.47 Å². The van der Waals surface area contributed by atoms with Crippen LogP contribution in [0.5, 0.6) is 11.5 Å². The highest BCUT2D eigenvalue weighted by Crippen LogP contribution is 2.41. The number of benzene rings is 2. The van der Waals surface area contributed by atoms with Crippen molar-refractivity contribution in [2.24, 2.45) is 0 Å². The maximum absolute atomic E-state index is 6.14. The Bertz CT molecular complexity index is 1390. The third kappa shape index (κ3) is 4.85. The topological polar surface area (TPSA) is 91.3 Å². The molecule has 0 amide bonds. The Morgan fingerprint density at radius 3 is 2.44 bits per heavy atom. The third-order valence-electron chi connectivity index (χ3n) is 6.67. The van der Waals surface area contributed by atoms with Crippen molar-refractivity contribution in [3.8, 4) is 11.5 Å². The molecular formula is C26H27IN6O2S. The first-order chi connectivity index (χ1) is 17.7. The van der Waals surface area contributed by atoms with E-state index >= 15 is 0 Å². The number of aromatic nitrogens is 4. The van der Waals surface area contributed by atoms with E-state index in [1.54, 1.807) is 11.8 Å². The largest absolute Gasteiger partial charge is 0.454 e. The van der Waals surface area contributed by atoms with E-state index in [0.29, 0.717) is 11.3 Å². The number of rotatable bonds is 9. The number of anilines is 1. The predicted octanol–water partition coefficient (Wildman–Crippen LogP) is 5.47. The van der Waals surface area contributed by atoms with Crippen LogP contribution in [-0.4, -0.2) is 37.8 Å². The molecule has 36 heavy (non-hydrogen) atoms. The summed E-state index contributed by atoms with van der Waals surface area (Å²) in [6.07, 6.45) is 6.15. The van der Waals surface area contributed by atoms with E-state index in [9.17, 15) is 0 Å². The van der Waals surface area contributed by atoms with Crippen molar-refractivity contribution in [2.45, 2.75) is 55.4 Å². The number of nitrogens with zero attached hydrogens (tertiary/aromatic N) is 5. The lowest BCUT2D eigenvalue weighted by molar-refractivity contribution is 0.174. The van der Waals surface area contributed by atoms with Gasteiger partial charge in [-0.25, -0.2) is 15.0 Å². The average Bonchev–Trinajstić information content (AvgIpc) is 3.59. The second-order valence-electron chi connectivity index (χ2n) is 9.11. The lowest BCUT2D eigenvalue weighted by atomic mass is 10.1. The number of hydrogen-bond acceptors (Lipinski definition) is 8. The summed E-state index contributed by atoms with van der Waals surface area (Å²) in [5, 5.41) is 0.865. The molecule has 10 heteroatoms. The third-order valence-corrected chi connectivity index (χ3v) is 8.98. The summed E-state index contributed by atoms with van der Waals surface area (Å²) in [6.45, 7) is 4.41. The summed E-state index contributed by atoms with van der Waals surface area (Å²) in [7, 11) is 0. The van der Waals surface area contributed by atoms with Gasteiger partial charge in [-0.15, -0.1) is 0 Å². The molecule has 0 saturated carbocycles. The fourth-order valence-corrected chi connectivity index (χ4v) is 6.52. The summed E-state index contributed by atoms with van der Waals surface area (Å²) >= 11 is 3.93. The molecule has 4 heterocycles. The minimum absolute atomic E-state index is 0.259. The lowest BCUT2D eigenvalue weighted by Crippen LogP contribution is -2.17. The summed E-state index contributed by atoms with van der Waals surface area (Å²) < 4.78 is 14.4. The van der Waals surface area contributed by atoms with Gasteiger partial charge in [0, 0.05) is 28.1 Å². The molecule has 0 aliphatic carbocycles. The van der Waals surface area contributed by atoms with Crippen LogP contribution >= 0.6 is 34.4 Å². The van der Waals surface area contributed by atoms with Gasteiger partial charge < -0.3 is 19.8 Å². The van der Waals surface area contributed by atoms with Crippen molar-refractivity contribution in [2.75, 3.05) is 19.1 Å². The quantitative estimate of drug-likeness (QED) is 0.196. The van der Waals surface area contributed by atoms with Crippen LogP contribution in [0, 0.1) is 3.57 Å². The first-order valence-corrected chi connectivity index (χ1v) is 14.1. The molecule has 0 spiro atoms. The van der Waals surface area contributed by atoms with E-state index in [2.05, 4.69) is 66.3 Å². The number of imidazole rings is 1. The second kappa shape index (κ2) is 10.4. The van der Waals surface area contributed by atoms with Crippen molar-refractivity contribution >= 4 is 51.3 Å². The molecular weight excluding hydrogens is 587 g/mol. The van der Waals surface area contributed by atoms with Crippen molar-refractivity contribution in [1.82, 2.24) is 24.4 Å². The summed E-state index contributed by atoms with van der Waals surface area (Å²) in [4.78, 5) is 17.1. The van der Waals surface area contributed by atoms with E-state index in [-0.39, 0.29) is 6.79 Å². The van der Waals surface area contributed by atoms with Crippen LogP contribution in [0.4, 0.5) is 5.82 Å². The number of ether oxygens (including phenoxy) is 2. The Hall–Kier alpha value is -2.57. The molecule has 2 aliphatic rings. The summed E-state index contributed by atoms with van der Waals surface area (Å²) in [6, 6.07) is 12.8. The van der Waals surface area contributed by atoms with Crippen molar-refractivity contribution in [3.05, 3.63) is 57.4 Å². The molecule has 6 rings (SSSR count). The highest BCUT2D eigenvalue weighted by molar-refractivity contribution is 14.1. The molecule has 2 aromatic heterocycles. The molecule has 0 saturated heterocycles. The predicted molar refractivity (Wildman–Crippen MR) is 148 cm³/mol. The fraction of sp³-hybridized carbons (Fsp3) is 0.346. The highest BCUT2D eigenvalue weighted by Gasteiger charge is 2.21. The second-order valence-corrected chi connectivity index (χ2v) is 11.3. The Morgan fingerprint density at radius 2 is 1.67 bits per heavy atom. The highest BCUT2D eigenvalue weighted by atomic mass is 127. The van der Waals surface area contributed by atoms with Gasteiger partial charge in [0.1, 0.15) is 6.33 Å². The van der Waals surface area contributed by atoms with Gasteiger partial charge in [0.2, 0.25) is 6.79 Å². The van der Waals surface area contributed by atoms with Crippen LogP contribution < -0.4 is 15.2 Å². The minimum atomic E-state index is 0.259. The molecule has 0 unspecified atom stereocenters. The van der Waals surface area contributed by atoms with Crippen LogP contribution in [0.3, 0.4) is 0 Å². The number of fused-ring (bicyclic) bond motifs is 3. The van der Waals surface area contributed by atoms with Crippen LogP contribution in [-0.2, 0) is 19.6 Å². The van der Waals surface area contributed by atoms with Gasteiger partial charge >= 0.3 is 0 Å². The van der Waals surface area contributed by atoms with E-state index in [1.165, 1.54) is 30.3 Å². The van der Waals surface area contributed by atoms with E-state index in [0.717, 1.165) is 69.8 Å². The molecule has 2 aromatic carbocycles. The standard InChI is InChI=1S/C26H27IN6O2S/c27-19-11-20-21(35-16-34-20)12-22(19)36-26-31-23-24(28)29-15-30-25(23)33(26)10-6-2-1-5-9-32-13-17-7-3-4-8-18(17)14-32/h3-4,7-8,11-12,15H,1-2,5-6,9-10,13-14,16H2,(H2,28,29,30). The Morgan fingerprint density at radius 1 is 0.944 bits per heavy atom. The molecule has 186 valence electrons. The zero-order chi connectivity index (χ0) is 24.5. The molecule has 0 bridgehead atoms. The summed E-state index contributed by atoms with van der Waals surface area (Å²) in [5.41, 5.74) is 10.5. The molecule has 0 atom stereocenters. The number of halogens is 1. The van der Waals surface area contributed by atoms with Gasteiger partial charge in [-0.1, -0.05) is 48.9 Å². The first-order valence-electron chi connectivity index (χ1n) is 12.2. The summed E-state index contributed by atoms with van der Waals surface area (Å²) in [5.74, 6) is 1.96. The smallest absolute Gasteiger partial charge is 0.231 e. The van der Waals surface area contributed by atoms with Crippen molar-refractivity contribution in [1.29, 1.82) is 0 Å². The first kappa shape index (κ1) is 23.8. The van der Waals surface area contributed by atoms with E-state index < -0.39 is 0 Å². The lowest BCUT2D eigenvalue weighted by Gasteiger charge is -2.14.